The largest absolute Gasteiger partial charge is 0.370 e. The normalized spacial score (nSPS) is 14.2. The Morgan fingerprint density at radius 1 is 1.03 bits per heavy atom. The lowest BCUT2D eigenvalue weighted by atomic mass is 10.1. The smallest absolute Gasteiger partial charge is 0.116 e. The molecule has 1 aliphatic heterocycles. The average molecular weight is 428 g/mol. The molecule has 150 valence electrons. The molecule has 5 rings (SSSR count). The fourth-order valence-corrected chi connectivity index (χ4v) is 4.41. The van der Waals surface area contributed by atoms with Gasteiger partial charge in [-0.05, 0) is 62.6 Å². The highest BCUT2D eigenvalue weighted by Gasteiger charge is 2.15. The summed E-state index contributed by atoms with van der Waals surface area (Å²) >= 11 is 6.65. The fraction of sp³-hybridized carbons (Fsp3) is 0.273. The van der Waals surface area contributed by atoms with E-state index in [1.54, 1.807) is 6.33 Å². The van der Waals surface area contributed by atoms with Crippen molar-refractivity contribution in [3.63, 3.8) is 0 Å². The summed E-state index contributed by atoms with van der Waals surface area (Å²) in [6, 6.07) is 12.4. The van der Waals surface area contributed by atoms with Crippen LogP contribution in [0.25, 0.3) is 21.9 Å². The molecule has 2 aromatic carbocycles. The second kappa shape index (κ2) is 8.09. The Labute approximate surface area is 180 Å². The first-order valence-electron chi connectivity index (χ1n) is 9.73. The average Bonchev–Trinajstić information content (AvgIpc) is 3.17. The van der Waals surface area contributed by atoms with Crippen LogP contribution in [0.5, 0.6) is 0 Å². The quantitative estimate of drug-likeness (QED) is 0.406. The van der Waals surface area contributed by atoms with Crippen LogP contribution in [0.1, 0.15) is 25.0 Å². The molecule has 0 saturated carbocycles. The van der Waals surface area contributed by atoms with Crippen LogP contribution < -0.4 is 10.2 Å². The number of pyridine rings is 1. The molecule has 0 amide bonds. The zero-order valence-corrected chi connectivity index (χ0v) is 17.8. The number of piperidine rings is 1. The fourth-order valence-electron chi connectivity index (χ4n) is 4.11. The SMILES string of the molecule is Cc1cc(Nc2ccc(N3CCCCC3)c(Cl)c2)c2c(ccc3ncnc32)[nH]1.Cl. The Bertz CT molecular complexity index is 1160. The van der Waals surface area contributed by atoms with Crippen molar-refractivity contribution >= 4 is 63.0 Å². The first-order valence-corrected chi connectivity index (χ1v) is 10.1. The van der Waals surface area contributed by atoms with E-state index in [0.717, 1.165) is 62.8 Å². The molecule has 5 nitrogen and oxygen atoms in total. The molecule has 7 heteroatoms. The lowest BCUT2D eigenvalue weighted by molar-refractivity contribution is 0.578. The molecule has 29 heavy (non-hydrogen) atoms. The van der Waals surface area contributed by atoms with E-state index in [9.17, 15) is 0 Å². The van der Waals surface area contributed by atoms with Gasteiger partial charge in [-0.2, -0.15) is 0 Å². The van der Waals surface area contributed by atoms with E-state index in [4.69, 9.17) is 11.6 Å². The van der Waals surface area contributed by atoms with E-state index in [2.05, 4.69) is 56.4 Å². The minimum Gasteiger partial charge on any atom is -0.370 e. The highest BCUT2D eigenvalue weighted by atomic mass is 35.5. The number of nitrogens with zero attached hydrogens (tertiary/aromatic N) is 3. The number of aromatic nitrogens is 3. The molecule has 2 N–H and O–H groups in total. The first-order chi connectivity index (χ1) is 13.7. The maximum Gasteiger partial charge on any atom is 0.116 e. The number of hydrogen-bond donors (Lipinski definition) is 2. The zero-order valence-electron chi connectivity index (χ0n) is 16.2. The van der Waals surface area contributed by atoms with Crippen LogP contribution in [-0.4, -0.2) is 28.0 Å². The zero-order chi connectivity index (χ0) is 19.1. The van der Waals surface area contributed by atoms with Gasteiger partial charge in [-0.25, -0.2) is 9.97 Å². The van der Waals surface area contributed by atoms with Crippen molar-refractivity contribution in [1.82, 2.24) is 15.0 Å². The predicted molar refractivity (Wildman–Crippen MR) is 124 cm³/mol. The molecule has 0 unspecified atom stereocenters. The summed E-state index contributed by atoms with van der Waals surface area (Å²) in [6.07, 6.45) is 5.39. The molecule has 0 bridgehead atoms. The highest BCUT2D eigenvalue weighted by molar-refractivity contribution is 6.33. The number of benzene rings is 2. The van der Waals surface area contributed by atoms with Crippen molar-refractivity contribution < 1.29 is 0 Å². The number of hydrogen-bond acceptors (Lipinski definition) is 4. The van der Waals surface area contributed by atoms with E-state index in [1.165, 1.54) is 19.3 Å². The summed E-state index contributed by atoms with van der Waals surface area (Å²) in [4.78, 5) is 14.6. The third-order valence-electron chi connectivity index (χ3n) is 5.43. The number of nitrogens with one attached hydrogen (secondary N) is 2. The topological polar surface area (TPSA) is 56.8 Å². The lowest BCUT2D eigenvalue weighted by Crippen LogP contribution is -2.29. The second-order valence-corrected chi connectivity index (χ2v) is 7.84. The molecule has 0 radical (unpaired) electrons. The maximum absolute atomic E-state index is 6.65. The standard InChI is InChI=1S/C22H22ClN5.ClH/c1-14-11-19(21-17(26-14)6-7-18-22(21)25-13-24-18)27-15-5-8-20(16(23)12-15)28-9-3-2-4-10-28;/h5-8,11-13,26-27H,2-4,9-10H2,1H3;1H. The van der Waals surface area contributed by atoms with Crippen LogP contribution in [-0.2, 0) is 0 Å². The van der Waals surface area contributed by atoms with Crippen molar-refractivity contribution in [2.75, 3.05) is 23.3 Å². The summed E-state index contributed by atoms with van der Waals surface area (Å²) in [6.45, 7) is 4.22. The van der Waals surface area contributed by atoms with Crippen molar-refractivity contribution in [3.05, 3.63) is 53.4 Å². The molecule has 4 aromatic rings. The van der Waals surface area contributed by atoms with E-state index < -0.39 is 0 Å². The van der Waals surface area contributed by atoms with Crippen LogP contribution in [0.3, 0.4) is 0 Å². The van der Waals surface area contributed by atoms with Gasteiger partial charge < -0.3 is 15.2 Å². The molecule has 0 spiro atoms. The highest BCUT2D eigenvalue weighted by Crippen LogP contribution is 2.35. The van der Waals surface area contributed by atoms with Crippen molar-refractivity contribution in [2.24, 2.45) is 0 Å². The minimum atomic E-state index is 0. The van der Waals surface area contributed by atoms with Gasteiger partial charge in [0.05, 0.1) is 21.9 Å². The second-order valence-electron chi connectivity index (χ2n) is 7.43. The first kappa shape index (κ1) is 19.8. The van der Waals surface area contributed by atoms with Crippen LogP contribution in [0, 0.1) is 6.92 Å². The molecule has 2 aromatic heterocycles. The number of aromatic amines is 1. The molecule has 1 aliphatic rings. The van der Waals surface area contributed by atoms with Crippen molar-refractivity contribution in [2.45, 2.75) is 26.2 Å². The molecule has 1 fully saturated rings. The summed E-state index contributed by atoms with van der Waals surface area (Å²) in [5.74, 6) is 0. The predicted octanol–water partition coefficient (Wildman–Crippen LogP) is 6.23. The van der Waals surface area contributed by atoms with Gasteiger partial charge in [0.15, 0.2) is 0 Å². The summed E-state index contributed by atoms with van der Waals surface area (Å²) in [5.41, 5.74) is 6.99. The minimum absolute atomic E-state index is 0. The van der Waals surface area contributed by atoms with Crippen molar-refractivity contribution in [1.29, 1.82) is 0 Å². The third kappa shape index (κ3) is 3.72. The third-order valence-corrected chi connectivity index (χ3v) is 5.73. The number of anilines is 3. The van der Waals surface area contributed by atoms with Gasteiger partial charge in [-0.1, -0.05) is 11.6 Å². The van der Waals surface area contributed by atoms with Crippen molar-refractivity contribution in [3.8, 4) is 0 Å². The van der Waals surface area contributed by atoms with Gasteiger partial charge in [-0.15, -0.1) is 12.4 Å². The van der Waals surface area contributed by atoms with Crippen LogP contribution in [0.4, 0.5) is 17.1 Å². The van der Waals surface area contributed by atoms with E-state index in [0.29, 0.717) is 0 Å². The molecular formula is C22H23Cl2N5. The molecular weight excluding hydrogens is 405 g/mol. The lowest BCUT2D eigenvalue weighted by Gasteiger charge is -2.29. The number of imidazole rings is 1. The molecule has 0 atom stereocenters. The Hall–Kier alpha value is -2.50. The molecule has 3 heterocycles. The van der Waals surface area contributed by atoms with Gasteiger partial charge in [0, 0.05) is 35.4 Å². The number of aryl methyl sites for hydroxylation is 1. The molecule has 1 saturated heterocycles. The van der Waals surface area contributed by atoms with Gasteiger partial charge in [0.2, 0.25) is 0 Å². The van der Waals surface area contributed by atoms with Crippen LogP contribution >= 0.6 is 24.0 Å². The van der Waals surface area contributed by atoms with Gasteiger partial charge in [0.25, 0.3) is 0 Å². The van der Waals surface area contributed by atoms with Gasteiger partial charge >= 0.3 is 0 Å². The van der Waals surface area contributed by atoms with E-state index in [1.807, 2.05) is 12.1 Å². The Balaban J connectivity index is 0.00000205. The van der Waals surface area contributed by atoms with E-state index in [-0.39, 0.29) is 12.4 Å². The summed E-state index contributed by atoms with van der Waals surface area (Å²) in [5, 5.41) is 5.37. The number of fused-ring (bicyclic) bond motifs is 3. The molecule has 0 aliphatic carbocycles. The monoisotopic (exact) mass is 427 g/mol. The number of H-pyrrole nitrogens is 1. The Kier molecular flexibility index (Phi) is 5.52. The van der Waals surface area contributed by atoms with Crippen LogP contribution in [0.15, 0.2) is 42.7 Å². The number of halogens is 2. The Morgan fingerprint density at radius 2 is 1.86 bits per heavy atom. The Morgan fingerprint density at radius 3 is 2.66 bits per heavy atom. The maximum atomic E-state index is 6.65. The van der Waals surface area contributed by atoms with E-state index >= 15 is 0 Å². The van der Waals surface area contributed by atoms with Gasteiger partial charge in [-0.3, -0.25) is 0 Å². The summed E-state index contributed by atoms with van der Waals surface area (Å²) < 4.78 is 0. The van der Waals surface area contributed by atoms with Gasteiger partial charge in [0.1, 0.15) is 11.8 Å². The van der Waals surface area contributed by atoms with Crippen LogP contribution in [0.2, 0.25) is 5.02 Å². The summed E-state index contributed by atoms with van der Waals surface area (Å²) in [7, 11) is 0. The number of rotatable bonds is 3.